The molecule has 2 heterocycles. The van der Waals surface area contributed by atoms with Crippen LogP contribution in [0.15, 0.2) is 68.5 Å². The van der Waals surface area contributed by atoms with Crippen LogP contribution >= 0.6 is 34.7 Å². The molecule has 31 heavy (non-hydrogen) atoms. The van der Waals surface area contributed by atoms with Crippen molar-refractivity contribution in [1.82, 2.24) is 14.1 Å². The van der Waals surface area contributed by atoms with Gasteiger partial charge in [0.2, 0.25) is 5.91 Å². The van der Waals surface area contributed by atoms with Crippen LogP contribution in [-0.4, -0.2) is 25.8 Å². The molecule has 7 nitrogen and oxygen atoms in total. The summed E-state index contributed by atoms with van der Waals surface area (Å²) in [6, 6.07) is 15.3. The first kappa shape index (κ1) is 21.4. The zero-order valence-electron chi connectivity index (χ0n) is 16.4. The summed E-state index contributed by atoms with van der Waals surface area (Å²) in [5, 5.41) is 3.29. The second-order valence-corrected chi connectivity index (χ2v) is 9.41. The van der Waals surface area contributed by atoms with E-state index in [9.17, 15) is 14.4 Å². The van der Waals surface area contributed by atoms with E-state index < -0.39 is 17.2 Å². The number of thioether (sulfide) groups is 1. The number of benzene rings is 2. The van der Waals surface area contributed by atoms with Gasteiger partial charge in [0.1, 0.15) is 11.2 Å². The fourth-order valence-corrected chi connectivity index (χ4v) is 5.12. The molecule has 0 aliphatic carbocycles. The van der Waals surface area contributed by atoms with Crippen LogP contribution in [0.3, 0.4) is 0 Å². The summed E-state index contributed by atoms with van der Waals surface area (Å²) < 4.78 is 3.33. The van der Waals surface area contributed by atoms with Gasteiger partial charge in [-0.2, -0.15) is 0 Å². The maximum Gasteiger partial charge on any atom is 0.337 e. The summed E-state index contributed by atoms with van der Waals surface area (Å²) in [6.45, 7) is 1.69. The lowest BCUT2D eigenvalue weighted by molar-refractivity contribution is -0.116. The summed E-state index contributed by atoms with van der Waals surface area (Å²) in [6.07, 6.45) is 0. The summed E-state index contributed by atoms with van der Waals surface area (Å²) in [5.41, 5.74) is 0.142. The number of nitrogens with one attached hydrogen (secondary N) is 1. The summed E-state index contributed by atoms with van der Waals surface area (Å²) in [5.74, 6) is 0.357. The van der Waals surface area contributed by atoms with Crippen molar-refractivity contribution in [2.75, 3.05) is 11.1 Å². The third-order valence-corrected chi connectivity index (χ3v) is 6.69. The van der Waals surface area contributed by atoms with Crippen molar-refractivity contribution < 1.29 is 4.79 Å². The largest absolute Gasteiger partial charge is 0.337 e. The minimum absolute atomic E-state index is 0.217. The Kier molecular flexibility index (Phi) is 6.26. The van der Waals surface area contributed by atoms with Gasteiger partial charge < -0.3 is 5.32 Å². The van der Waals surface area contributed by atoms with E-state index in [2.05, 4.69) is 10.3 Å². The van der Waals surface area contributed by atoms with Crippen molar-refractivity contribution in [2.45, 2.75) is 17.8 Å². The molecule has 0 spiro atoms. The van der Waals surface area contributed by atoms with E-state index in [4.69, 9.17) is 11.6 Å². The SMILES string of the molecule is CCSc1nc2c(s1)c(=O)n(-c1ccccc1)c(=O)n2CC(=O)Nc1ccc(Cl)cc1. The maximum absolute atomic E-state index is 13.3. The molecule has 1 amide bonds. The van der Waals surface area contributed by atoms with Crippen LogP contribution in [0.1, 0.15) is 6.92 Å². The first-order valence-corrected chi connectivity index (χ1v) is 11.6. The molecule has 4 aromatic rings. The highest BCUT2D eigenvalue weighted by Gasteiger charge is 2.20. The molecule has 0 aliphatic rings. The van der Waals surface area contributed by atoms with Crippen molar-refractivity contribution in [3.8, 4) is 5.69 Å². The number of hydrogen-bond acceptors (Lipinski definition) is 6. The number of carbonyl (C=O) groups is 1. The highest BCUT2D eigenvalue weighted by Crippen LogP contribution is 2.27. The standard InChI is InChI=1S/C21H17ClN4O3S2/c1-2-30-20-24-18-17(31-20)19(28)26(15-6-4-3-5-7-15)21(29)25(18)12-16(27)23-14-10-8-13(22)9-11-14/h3-11H,2,12H2,1H3,(H,23,27). The van der Waals surface area contributed by atoms with E-state index in [0.717, 1.165) is 10.3 Å². The smallest absolute Gasteiger partial charge is 0.325 e. The first-order valence-electron chi connectivity index (χ1n) is 9.38. The molecule has 2 aromatic carbocycles. The highest BCUT2D eigenvalue weighted by molar-refractivity contribution is 8.01. The van der Waals surface area contributed by atoms with Crippen LogP contribution in [0.2, 0.25) is 5.02 Å². The molecule has 158 valence electrons. The topological polar surface area (TPSA) is 86.0 Å². The number of rotatable bonds is 6. The van der Waals surface area contributed by atoms with Crippen LogP contribution in [0.4, 0.5) is 5.69 Å². The zero-order chi connectivity index (χ0) is 22.0. The highest BCUT2D eigenvalue weighted by atomic mass is 35.5. The molecule has 0 atom stereocenters. The monoisotopic (exact) mass is 472 g/mol. The second-order valence-electron chi connectivity index (χ2n) is 6.47. The molecule has 0 saturated carbocycles. The normalized spacial score (nSPS) is 11.0. The number of anilines is 1. The Hall–Kier alpha value is -2.88. The van der Waals surface area contributed by atoms with Gasteiger partial charge >= 0.3 is 5.69 Å². The number of aromatic nitrogens is 3. The Morgan fingerprint density at radius 2 is 1.84 bits per heavy atom. The third kappa shape index (κ3) is 4.43. The number of halogens is 1. The molecular formula is C21H17ClN4O3S2. The molecule has 0 aliphatic heterocycles. The lowest BCUT2D eigenvalue weighted by Crippen LogP contribution is -2.40. The summed E-state index contributed by atoms with van der Waals surface area (Å²) in [7, 11) is 0. The zero-order valence-corrected chi connectivity index (χ0v) is 18.8. The number of hydrogen-bond donors (Lipinski definition) is 1. The number of fused-ring (bicyclic) bond motifs is 1. The summed E-state index contributed by atoms with van der Waals surface area (Å²) >= 11 is 8.59. The number of nitrogens with zero attached hydrogens (tertiary/aromatic N) is 3. The minimum atomic E-state index is -0.617. The van der Waals surface area contributed by atoms with E-state index in [1.165, 1.54) is 27.7 Å². The van der Waals surface area contributed by atoms with Crippen molar-refractivity contribution in [3.63, 3.8) is 0 Å². The van der Waals surface area contributed by atoms with Crippen molar-refractivity contribution in [1.29, 1.82) is 0 Å². The average Bonchev–Trinajstić information content (AvgIpc) is 3.18. The molecule has 10 heteroatoms. The Morgan fingerprint density at radius 1 is 1.13 bits per heavy atom. The molecular weight excluding hydrogens is 456 g/mol. The van der Waals surface area contributed by atoms with Gasteiger partial charge in [-0.1, -0.05) is 48.5 Å². The molecule has 0 fully saturated rings. The quantitative estimate of drug-likeness (QED) is 0.428. The van der Waals surface area contributed by atoms with Gasteiger partial charge in [-0.25, -0.2) is 14.3 Å². The van der Waals surface area contributed by atoms with Gasteiger partial charge in [0.25, 0.3) is 5.56 Å². The average molecular weight is 473 g/mol. The Bertz CT molecular complexity index is 1360. The molecule has 0 radical (unpaired) electrons. The molecule has 4 rings (SSSR count). The van der Waals surface area contributed by atoms with Crippen LogP contribution in [0.25, 0.3) is 16.0 Å². The molecule has 2 aromatic heterocycles. The van der Waals surface area contributed by atoms with Crippen LogP contribution in [0, 0.1) is 0 Å². The van der Waals surface area contributed by atoms with Gasteiger partial charge in [0.15, 0.2) is 9.99 Å². The lowest BCUT2D eigenvalue weighted by atomic mass is 10.3. The number of thiazole rings is 1. The van der Waals surface area contributed by atoms with Gasteiger partial charge in [0, 0.05) is 10.7 Å². The van der Waals surface area contributed by atoms with Crippen LogP contribution < -0.4 is 16.6 Å². The Balaban J connectivity index is 1.82. The molecule has 0 bridgehead atoms. The fourth-order valence-electron chi connectivity index (χ4n) is 3.02. The minimum Gasteiger partial charge on any atom is -0.325 e. The van der Waals surface area contributed by atoms with Crippen molar-refractivity contribution >= 4 is 56.6 Å². The fraction of sp³-hybridized carbons (Fsp3) is 0.143. The van der Waals surface area contributed by atoms with Crippen molar-refractivity contribution in [2.24, 2.45) is 0 Å². The van der Waals surface area contributed by atoms with E-state index in [0.29, 0.717) is 25.4 Å². The van der Waals surface area contributed by atoms with E-state index in [1.54, 1.807) is 54.6 Å². The molecule has 0 saturated heterocycles. The van der Waals surface area contributed by atoms with E-state index >= 15 is 0 Å². The van der Waals surface area contributed by atoms with E-state index in [1.807, 2.05) is 6.92 Å². The molecule has 1 N–H and O–H groups in total. The third-order valence-electron chi connectivity index (χ3n) is 4.38. The first-order chi connectivity index (χ1) is 15.0. The van der Waals surface area contributed by atoms with Crippen molar-refractivity contribution in [3.05, 3.63) is 80.5 Å². The van der Waals surface area contributed by atoms with Gasteiger partial charge in [-0.15, -0.1) is 11.3 Å². The number of carbonyl (C=O) groups excluding carboxylic acids is 1. The van der Waals surface area contributed by atoms with Gasteiger partial charge in [-0.05, 0) is 42.2 Å². The van der Waals surface area contributed by atoms with E-state index in [-0.39, 0.29) is 12.2 Å². The van der Waals surface area contributed by atoms with Gasteiger partial charge in [0.05, 0.1) is 5.69 Å². The number of amides is 1. The Morgan fingerprint density at radius 3 is 2.52 bits per heavy atom. The molecule has 0 unspecified atom stereocenters. The van der Waals surface area contributed by atoms with Crippen LogP contribution in [0.5, 0.6) is 0 Å². The van der Waals surface area contributed by atoms with Crippen LogP contribution in [-0.2, 0) is 11.3 Å². The lowest BCUT2D eigenvalue weighted by Gasteiger charge is -2.11. The summed E-state index contributed by atoms with van der Waals surface area (Å²) in [4.78, 5) is 43.6. The predicted molar refractivity (Wildman–Crippen MR) is 126 cm³/mol. The maximum atomic E-state index is 13.3. The van der Waals surface area contributed by atoms with Gasteiger partial charge in [-0.3, -0.25) is 14.2 Å². The second kappa shape index (κ2) is 9.09. The predicted octanol–water partition coefficient (Wildman–Crippen LogP) is 4.01. The number of para-hydroxylation sites is 1. The Labute approximate surface area is 190 Å².